The van der Waals surface area contributed by atoms with Gasteiger partial charge in [0.05, 0.1) is 18.3 Å². The van der Waals surface area contributed by atoms with E-state index in [1.165, 1.54) is 0 Å². The maximum atomic E-state index is 12.7. The number of rotatable bonds is 3. The Hall–Kier alpha value is -0.220. The molecule has 1 aliphatic heterocycles. The fraction of sp³-hybridized carbons (Fsp3) is 1.00. The van der Waals surface area contributed by atoms with Gasteiger partial charge in [-0.05, 0) is 12.8 Å². The molecule has 15 heavy (non-hydrogen) atoms. The van der Waals surface area contributed by atoms with Gasteiger partial charge in [-0.3, -0.25) is 0 Å². The topological polar surface area (TPSA) is 32.8 Å². The lowest BCUT2D eigenvalue weighted by Gasteiger charge is -2.43. The summed E-state index contributed by atoms with van der Waals surface area (Å²) in [5.74, 6) is -2.83. The Morgan fingerprint density at radius 2 is 1.87 bits per heavy atom. The summed E-state index contributed by atoms with van der Waals surface area (Å²) >= 11 is 0. The van der Waals surface area contributed by atoms with Gasteiger partial charge in [-0.2, -0.15) is 0 Å². The second kappa shape index (κ2) is 3.14. The number of epoxide rings is 1. The summed E-state index contributed by atoms with van der Waals surface area (Å²) < 4.78 is 30.7. The number of hydrogen-bond donors (Lipinski definition) is 1. The normalized spacial score (nSPS) is 37.2. The summed E-state index contributed by atoms with van der Waals surface area (Å²) in [6.45, 7) is 5.72. The first kappa shape index (κ1) is 11.3. The average molecular weight is 220 g/mol. The van der Waals surface area contributed by atoms with Crippen molar-refractivity contribution in [2.24, 2.45) is 11.3 Å². The Morgan fingerprint density at radius 1 is 1.40 bits per heavy atom. The van der Waals surface area contributed by atoms with Crippen LogP contribution in [0, 0.1) is 11.3 Å². The summed E-state index contributed by atoms with van der Waals surface area (Å²) in [6.07, 6.45) is -0.888. The molecule has 0 amide bonds. The van der Waals surface area contributed by atoms with Crippen LogP contribution in [-0.4, -0.2) is 29.3 Å². The van der Waals surface area contributed by atoms with Gasteiger partial charge in [0.1, 0.15) is 0 Å². The van der Waals surface area contributed by atoms with Crippen LogP contribution in [0.25, 0.3) is 0 Å². The molecule has 0 aromatic heterocycles. The van der Waals surface area contributed by atoms with Crippen molar-refractivity contribution in [1.82, 2.24) is 0 Å². The maximum Gasteiger partial charge on any atom is 0.248 e. The molecular formula is C11H18F2O2. The molecule has 0 aromatic carbocycles. The van der Waals surface area contributed by atoms with Gasteiger partial charge in [-0.25, -0.2) is 8.78 Å². The van der Waals surface area contributed by atoms with Crippen LogP contribution in [0.15, 0.2) is 0 Å². The van der Waals surface area contributed by atoms with E-state index in [2.05, 4.69) is 0 Å². The zero-order chi connectivity index (χ0) is 11.4. The molecule has 1 saturated carbocycles. The molecule has 0 aromatic rings. The van der Waals surface area contributed by atoms with Crippen LogP contribution in [0.4, 0.5) is 8.78 Å². The van der Waals surface area contributed by atoms with Crippen LogP contribution in [0.1, 0.15) is 33.6 Å². The number of halogens is 2. The Morgan fingerprint density at radius 3 is 2.20 bits per heavy atom. The molecule has 3 unspecified atom stereocenters. The van der Waals surface area contributed by atoms with Crippen LogP contribution in [0.3, 0.4) is 0 Å². The highest BCUT2D eigenvalue weighted by molar-refractivity contribution is 5.03. The van der Waals surface area contributed by atoms with E-state index in [1.807, 2.05) is 20.8 Å². The lowest BCUT2D eigenvalue weighted by atomic mass is 9.67. The van der Waals surface area contributed by atoms with E-state index in [1.54, 1.807) is 0 Å². The van der Waals surface area contributed by atoms with E-state index >= 15 is 0 Å². The molecular weight excluding hydrogens is 202 g/mol. The Balaban J connectivity index is 1.93. The Kier molecular flexibility index (Phi) is 2.36. The minimum absolute atomic E-state index is 0.0155. The van der Waals surface area contributed by atoms with Crippen molar-refractivity contribution in [3.05, 3.63) is 0 Å². The number of aliphatic hydroxyl groups excluding tert-OH is 1. The van der Waals surface area contributed by atoms with Gasteiger partial charge in [-0.1, -0.05) is 13.8 Å². The summed E-state index contributed by atoms with van der Waals surface area (Å²) in [5, 5.41) is 10.0. The third-order valence-electron chi connectivity index (χ3n) is 3.77. The SMILES string of the molecule is CC1OC1C(C)(C)C(O)C1CC(F)(F)C1. The van der Waals surface area contributed by atoms with Crippen LogP contribution in [-0.2, 0) is 4.74 Å². The highest BCUT2D eigenvalue weighted by atomic mass is 19.3. The lowest BCUT2D eigenvalue weighted by Crippen LogP contribution is -2.49. The summed E-state index contributed by atoms with van der Waals surface area (Å²) in [7, 11) is 0. The van der Waals surface area contributed by atoms with Gasteiger partial charge >= 0.3 is 0 Å². The van der Waals surface area contributed by atoms with Crippen LogP contribution in [0.2, 0.25) is 0 Å². The summed E-state index contributed by atoms with van der Waals surface area (Å²) in [4.78, 5) is 0. The van der Waals surface area contributed by atoms with Crippen molar-refractivity contribution in [2.45, 2.75) is 57.8 Å². The molecule has 3 atom stereocenters. The fourth-order valence-electron chi connectivity index (χ4n) is 2.67. The van der Waals surface area contributed by atoms with E-state index in [-0.39, 0.29) is 31.0 Å². The largest absolute Gasteiger partial charge is 0.392 e. The molecule has 4 heteroatoms. The molecule has 2 fully saturated rings. The molecule has 1 saturated heterocycles. The quantitative estimate of drug-likeness (QED) is 0.740. The second-order valence-corrected chi connectivity index (χ2v) is 5.55. The van der Waals surface area contributed by atoms with Crippen LogP contribution in [0.5, 0.6) is 0 Å². The highest BCUT2D eigenvalue weighted by Gasteiger charge is 2.57. The first-order chi connectivity index (χ1) is 6.74. The van der Waals surface area contributed by atoms with Crippen molar-refractivity contribution in [1.29, 1.82) is 0 Å². The van der Waals surface area contributed by atoms with Crippen molar-refractivity contribution in [3.63, 3.8) is 0 Å². The molecule has 2 rings (SSSR count). The van der Waals surface area contributed by atoms with Gasteiger partial charge in [0.15, 0.2) is 0 Å². The van der Waals surface area contributed by atoms with Gasteiger partial charge in [0.2, 0.25) is 5.92 Å². The first-order valence-corrected chi connectivity index (χ1v) is 5.45. The van der Waals surface area contributed by atoms with Gasteiger partial charge in [0, 0.05) is 18.3 Å². The third-order valence-corrected chi connectivity index (χ3v) is 3.77. The van der Waals surface area contributed by atoms with Gasteiger partial charge in [-0.15, -0.1) is 0 Å². The van der Waals surface area contributed by atoms with E-state index in [9.17, 15) is 13.9 Å². The molecule has 2 aliphatic rings. The number of aliphatic hydroxyl groups is 1. The molecule has 2 nitrogen and oxygen atoms in total. The number of ether oxygens (including phenoxy) is 1. The third kappa shape index (κ3) is 1.89. The smallest absolute Gasteiger partial charge is 0.248 e. The van der Waals surface area contributed by atoms with Crippen LogP contribution >= 0.6 is 0 Å². The molecule has 1 N–H and O–H groups in total. The van der Waals surface area contributed by atoms with E-state index in [0.29, 0.717) is 0 Å². The lowest BCUT2D eigenvalue weighted by molar-refractivity contribution is -0.163. The van der Waals surface area contributed by atoms with E-state index < -0.39 is 17.4 Å². The predicted molar refractivity (Wildman–Crippen MR) is 51.8 cm³/mol. The molecule has 0 radical (unpaired) electrons. The zero-order valence-corrected chi connectivity index (χ0v) is 9.34. The standard InChI is InChI=1S/C11H18F2O2/c1-6-9(15-6)10(2,3)8(14)7-4-11(12,13)5-7/h6-9,14H,4-5H2,1-3H3. The monoisotopic (exact) mass is 220 g/mol. The van der Waals surface area contributed by atoms with Gasteiger partial charge in [0.25, 0.3) is 0 Å². The minimum atomic E-state index is -2.56. The van der Waals surface area contributed by atoms with Crippen molar-refractivity contribution in [3.8, 4) is 0 Å². The number of hydrogen-bond acceptors (Lipinski definition) is 2. The average Bonchev–Trinajstić information content (AvgIpc) is 2.77. The van der Waals surface area contributed by atoms with Gasteiger partial charge < -0.3 is 9.84 Å². The summed E-state index contributed by atoms with van der Waals surface area (Å²) in [6, 6.07) is 0. The van der Waals surface area contributed by atoms with Crippen LogP contribution < -0.4 is 0 Å². The zero-order valence-electron chi connectivity index (χ0n) is 9.34. The molecule has 1 heterocycles. The molecule has 88 valence electrons. The fourth-order valence-corrected chi connectivity index (χ4v) is 2.67. The van der Waals surface area contributed by atoms with E-state index in [4.69, 9.17) is 4.74 Å². The van der Waals surface area contributed by atoms with Crippen molar-refractivity contribution in [2.75, 3.05) is 0 Å². The van der Waals surface area contributed by atoms with E-state index in [0.717, 1.165) is 0 Å². The Bertz CT molecular complexity index is 257. The molecule has 0 spiro atoms. The first-order valence-electron chi connectivity index (χ1n) is 5.45. The predicted octanol–water partition coefficient (Wildman–Crippen LogP) is 2.21. The van der Waals surface area contributed by atoms with Crippen molar-refractivity contribution < 1.29 is 18.6 Å². The Labute approximate surface area is 88.6 Å². The molecule has 0 bridgehead atoms. The summed E-state index contributed by atoms with van der Waals surface area (Å²) in [5.41, 5.74) is -0.416. The maximum absolute atomic E-state index is 12.7. The minimum Gasteiger partial charge on any atom is -0.392 e. The van der Waals surface area contributed by atoms with Crippen molar-refractivity contribution >= 4 is 0 Å². The molecule has 1 aliphatic carbocycles. The highest BCUT2D eigenvalue weighted by Crippen LogP contribution is 2.51. The second-order valence-electron chi connectivity index (χ2n) is 5.55. The number of alkyl halides is 2.